The van der Waals surface area contributed by atoms with Crippen molar-refractivity contribution in [2.45, 2.75) is 31.7 Å². The van der Waals surface area contributed by atoms with Gasteiger partial charge in [-0.05, 0) is 19.3 Å². The van der Waals surface area contributed by atoms with E-state index >= 15 is 0 Å². The Bertz CT molecular complexity index is 309. The van der Waals surface area contributed by atoms with Crippen LogP contribution in [0.15, 0.2) is 0 Å². The minimum atomic E-state index is -0.934. The molecule has 0 bridgehead atoms. The number of amides is 2. The van der Waals surface area contributed by atoms with Crippen molar-refractivity contribution < 1.29 is 14.7 Å². The Hall–Kier alpha value is -1.70. The minimum Gasteiger partial charge on any atom is -0.480 e. The van der Waals surface area contributed by atoms with Crippen molar-refractivity contribution in [3.8, 4) is 12.3 Å². The highest BCUT2D eigenvalue weighted by Gasteiger charge is 2.33. The number of carbonyl (C=O) groups excluding carboxylic acids is 1. The van der Waals surface area contributed by atoms with Gasteiger partial charge in [-0.15, -0.1) is 12.3 Å². The average molecular weight is 224 g/mol. The van der Waals surface area contributed by atoms with Gasteiger partial charge >= 0.3 is 12.0 Å². The number of nitrogens with one attached hydrogen (secondary N) is 1. The lowest BCUT2D eigenvalue weighted by Gasteiger charge is -2.21. The van der Waals surface area contributed by atoms with Gasteiger partial charge in [0.25, 0.3) is 0 Å². The molecule has 0 unspecified atom stereocenters. The number of likely N-dealkylation sites (tertiary alicyclic amines) is 1. The Morgan fingerprint density at radius 1 is 1.56 bits per heavy atom. The summed E-state index contributed by atoms with van der Waals surface area (Å²) in [4.78, 5) is 23.8. The van der Waals surface area contributed by atoms with Crippen LogP contribution >= 0.6 is 0 Å². The Morgan fingerprint density at radius 2 is 2.31 bits per heavy atom. The van der Waals surface area contributed by atoms with Crippen LogP contribution in [-0.4, -0.2) is 41.1 Å². The van der Waals surface area contributed by atoms with Gasteiger partial charge in [-0.25, -0.2) is 9.59 Å². The first-order valence-corrected chi connectivity index (χ1v) is 5.37. The number of hydrogen-bond acceptors (Lipinski definition) is 2. The van der Waals surface area contributed by atoms with Gasteiger partial charge in [0.15, 0.2) is 0 Å². The smallest absolute Gasteiger partial charge is 0.326 e. The van der Waals surface area contributed by atoms with Crippen LogP contribution in [0.4, 0.5) is 4.79 Å². The maximum atomic E-state index is 11.6. The molecule has 5 heteroatoms. The number of terminal acetylenes is 1. The van der Waals surface area contributed by atoms with Crippen LogP contribution in [0.1, 0.15) is 25.7 Å². The van der Waals surface area contributed by atoms with E-state index in [2.05, 4.69) is 11.2 Å². The predicted octanol–water partition coefficient (Wildman–Crippen LogP) is 0.658. The van der Waals surface area contributed by atoms with Crippen LogP contribution < -0.4 is 5.32 Å². The summed E-state index contributed by atoms with van der Waals surface area (Å²) in [5.41, 5.74) is 0. The van der Waals surface area contributed by atoms with Crippen LogP contribution in [0.25, 0.3) is 0 Å². The Morgan fingerprint density at radius 3 is 2.94 bits per heavy atom. The molecule has 5 nitrogen and oxygen atoms in total. The molecule has 0 aromatic carbocycles. The summed E-state index contributed by atoms with van der Waals surface area (Å²) in [5.74, 6) is 1.54. The fourth-order valence-electron chi connectivity index (χ4n) is 1.75. The molecule has 2 amide bonds. The SMILES string of the molecule is C#CCCCNC(=O)N1CCC[C@@H]1C(=O)O. The molecule has 1 saturated heterocycles. The summed E-state index contributed by atoms with van der Waals surface area (Å²) in [6.07, 6.45) is 7.69. The number of carboxylic acids is 1. The van der Waals surface area contributed by atoms with Gasteiger partial charge in [0, 0.05) is 19.5 Å². The number of urea groups is 1. The van der Waals surface area contributed by atoms with E-state index in [0.29, 0.717) is 32.4 Å². The molecular formula is C11H16N2O3. The van der Waals surface area contributed by atoms with Crippen molar-refractivity contribution in [3.63, 3.8) is 0 Å². The third-order valence-corrected chi connectivity index (χ3v) is 2.57. The molecule has 1 fully saturated rings. The van der Waals surface area contributed by atoms with E-state index < -0.39 is 12.0 Å². The molecule has 0 aromatic heterocycles. The molecule has 88 valence electrons. The van der Waals surface area contributed by atoms with Crippen molar-refractivity contribution in [3.05, 3.63) is 0 Å². The summed E-state index contributed by atoms with van der Waals surface area (Å²) in [5, 5.41) is 11.6. The van der Waals surface area contributed by atoms with Crippen LogP contribution in [0.3, 0.4) is 0 Å². The van der Waals surface area contributed by atoms with Crippen molar-refractivity contribution in [2.75, 3.05) is 13.1 Å². The summed E-state index contributed by atoms with van der Waals surface area (Å²) >= 11 is 0. The monoisotopic (exact) mass is 224 g/mol. The average Bonchev–Trinajstić information content (AvgIpc) is 2.73. The van der Waals surface area contributed by atoms with Crippen LogP contribution in [0.5, 0.6) is 0 Å². The number of unbranched alkanes of at least 4 members (excludes halogenated alkanes) is 1. The summed E-state index contributed by atoms with van der Waals surface area (Å²) in [6, 6.07) is -0.977. The van der Waals surface area contributed by atoms with Gasteiger partial charge in [-0.1, -0.05) is 0 Å². The first-order valence-electron chi connectivity index (χ1n) is 5.37. The van der Waals surface area contributed by atoms with Gasteiger partial charge in [0.05, 0.1) is 0 Å². The number of aliphatic carboxylic acids is 1. The van der Waals surface area contributed by atoms with E-state index in [1.165, 1.54) is 4.90 Å². The molecule has 1 aliphatic rings. The number of rotatable bonds is 4. The first-order chi connectivity index (χ1) is 7.66. The molecule has 0 radical (unpaired) electrons. The molecule has 0 aromatic rings. The second-order valence-corrected chi connectivity index (χ2v) is 3.73. The van der Waals surface area contributed by atoms with E-state index in [0.717, 1.165) is 6.42 Å². The fourth-order valence-corrected chi connectivity index (χ4v) is 1.75. The molecule has 1 heterocycles. The highest BCUT2D eigenvalue weighted by atomic mass is 16.4. The Kier molecular flexibility index (Phi) is 4.65. The largest absolute Gasteiger partial charge is 0.480 e. The number of carbonyl (C=O) groups is 2. The Labute approximate surface area is 94.8 Å². The third kappa shape index (κ3) is 3.16. The van der Waals surface area contributed by atoms with E-state index in [9.17, 15) is 9.59 Å². The van der Waals surface area contributed by atoms with Gasteiger partial charge in [-0.2, -0.15) is 0 Å². The molecule has 0 saturated carbocycles. The van der Waals surface area contributed by atoms with Gasteiger partial charge in [-0.3, -0.25) is 0 Å². The highest BCUT2D eigenvalue weighted by Crippen LogP contribution is 2.17. The Balaban J connectivity index is 2.36. The lowest BCUT2D eigenvalue weighted by Crippen LogP contribution is -2.46. The molecular weight excluding hydrogens is 208 g/mol. The first kappa shape index (κ1) is 12.4. The quantitative estimate of drug-likeness (QED) is 0.544. The van der Waals surface area contributed by atoms with Crippen LogP contribution in [-0.2, 0) is 4.79 Å². The number of carboxylic acid groups (broad SMARTS) is 1. The molecule has 0 spiro atoms. The third-order valence-electron chi connectivity index (χ3n) is 2.57. The van der Waals surface area contributed by atoms with Crippen LogP contribution in [0.2, 0.25) is 0 Å². The molecule has 1 atom stereocenters. The van der Waals surface area contributed by atoms with E-state index in [4.69, 9.17) is 11.5 Å². The molecule has 1 rings (SSSR count). The maximum Gasteiger partial charge on any atom is 0.326 e. The molecule has 2 N–H and O–H groups in total. The summed E-state index contributed by atoms with van der Waals surface area (Å²) in [6.45, 7) is 1.00. The fraction of sp³-hybridized carbons (Fsp3) is 0.636. The second kappa shape index (κ2) is 6.01. The standard InChI is InChI=1S/C11H16N2O3/c1-2-3-4-7-12-11(16)13-8-5-6-9(13)10(14)15/h1,9H,3-8H2,(H,12,16)(H,14,15)/t9-/m1/s1. The lowest BCUT2D eigenvalue weighted by atomic mass is 10.2. The lowest BCUT2D eigenvalue weighted by molar-refractivity contribution is -0.141. The minimum absolute atomic E-state index is 0.304. The molecule has 1 aliphatic heterocycles. The normalized spacial score (nSPS) is 19.2. The van der Waals surface area contributed by atoms with Crippen molar-refractivity contribution >= 4 is 12.0 Å². The van der Waals surface area contributed by atoms with Gasteiger partial charge < -0.3 is 15.3 Å². The zero-order valence-corrected chi connectivity index (χ0v) is 9.11. The summed E-state index contributed by atoms with van der Waals surface area (Å²) < 4.78 is 0. The molecule has 16 heavy (non-hydrogen) atoms. The summed E-state index contributed by atoms with van der Waals surface area (Å²) in [7, 11) is 0. The van der Waals surface area contributed by atoms with E-state index in [1.807, 2.05) is 0 Å². The highest BCUT2D eigenvalue weighted by molar-refractivity contribution is 5.83. The second-order valence-electron chi connectivity index (χ2n) is 3.73. The van der Waals surface area contributed by atoms with Crippen molar-refractivity contribution in [2.24, 2.45) is 0 Å². The van der Waals surface area contributed by atoms with Gasteiger partial charge in [0.1, 0.15) is 6.04 Å². The predicted molar refractivity (Wildman–Crippen MR) is 58.8 cm³/mol. The van der Waals surface area contributed by atoms with E-state index in [-0.39, 0.29) is 6.03 Å². The van der Waals surface area contributed by atoms with Crippen LogP contribution in [0, 0.1) is 12.3 Å². The maximum absolute atomic E-state index is 11.6. The van der Waals surface area contributed by atoms with E-state index in [1.54, 1.807) is 0 Å². The number of hydrogen-bond donors (Lipinski definition) is 2. The zero-order chi connectivity index (χ0) is 12.0. The van der Waals surface area contributed by atoms with Crippen molar-refractivity contribution in [1.82, 2.24) is 10.2 Å². The van der Waals surface area contributed by atoms with Crippen molar-refractivity contribution in [1.29, 1.82) is 0 Å². The zero-order valence-electron chi connectivity index (χ0n) is 9.11. The number of nitrogens with zero attached hydrogens (tertiary/aromatic N) is 1. The topological polar surface area (TPSA) is 69.6 Å². The van der Waals surface area contributed by atoms with Gasteiger partial charge in [0.2, 0.25) is 0 Å². The molecule has 0 aliphatic carbocycles.